The highest BCUT2D eigenvalue weighted by Gasteiger charge is 2.29. The Kier molecular flexibility index (Phi) is 5.14. The van der Waals surface area contributed by atoms with Gasteiger partial charge in [0.2, 0.25) is 0 Å². The number of anilines is 1. The van der Waals surface area contributed by atoms with Crippen molar-refractivity contribution in [3.05, 3.63) is 53.0 Å². The van der Waals surface area contributed by atoms with Gasteiger partial charge < -0.3 is 10.1 Å². The summed E-state index contributed by atoms with van der Waals surface area (Å²) in [7, 11) is 0. The van der Waals surface area contributed by atoms with Crippen molar-refractivity contribution in [1.82, 2.24) is 10.2 Å². The number of rotatable bonds is 5. The van der Waals surface area contributed by atoms with Crippen molar-refractivity contribution in [2.45, 2.75) is 6.18 Å². The average Bonchev–Trinajstić information content (AvgIpc) is 3.30. The van der Waals surface area contributed by atoms with Crippen LogP contribution < -0.4 is 10.1 Å². The van der Waals surface area contributed by atoms with Crippen LogP contribution in [0.15, 0.2) is 41.8 Å². The number of ether oxygens (including phenoxy) is 1. The predicted molar refractivity (Wildman–Crippen MR) is 92.6 cm³/mol. The summed E-state index contributed by atoms with van der Waals surface area (Å²) in [6.07, 6.45) is -4.51. The zero-order chi connectivity index (χ0) is 19.4. The molecule has 0 bridgehead atoms. The van der Waals surface area contributed by atoms with Gasteiger partial charge in [0.05, 0.1) is 16.1 Å². The third-order valence-corrected chi connectivity index (χ3v) is 4.25. The first-order chi connectivity index (χ1) is 12.9. The van der Waals surface area contributed by atoms with Crippen molar-refractivity contribution >= 4 is 22.9 Å². The average molecular weight is 392 g/mol. The van der Waals surface area contributed by atoms with Crippen LogP contribution in [0.3, 0.4) is 0 Å². The van der Waals surface area contributed by atoms with E-state index in [9.17, 15) is 18.0 Å². The molecule has 0 spiro atoms. The van der Waals surface area contributed by atoms with Gasteiger partial charge in [-0.3, -0.25) is 9.89 Å². The molecule has 2 N–H and O–H groups in total. The smallest absolute Gasteiger partial charge is 0.422 e. The summed E-state index contributed by atoms with van der Waals surface area (Å²) in [6, 6.07) is 10.8. The molecule has 0 saturated carbocycles. The lowest BCUT2D eigenvalue weighted by atomic mass is 10.2. The van der Waals surface area contributed by atoms with Crippen LogP contribution in [0, 0.1) is 11.3 Å². The van der Waals surface area contributed by atoms with Crippen molar-refractivity contribution in [3.8, 4) is 22.4 Å². The van der Waals surface area contributed by atoms with E-state index in [0.717, 1.165) is 4.88 Å². The maximum atomic E-state index is 12.3. The summed E-state index contributed by atoms with van der Waals surface area (Å²) in [5.74, 6) is -0.741. The minimum Gasteiger partial charge on any atom is -0.483 e. The molecule has 6 nitrogen and oxygen atoms in total. The van der Waals surface area contributed by atoms with Gasteiger partial charge in [-0.15, -0.1) is 11.3 Å². The molecule has 0 fully saturated rings. The number of carbonyl (C=O) groups is 1. The SMILES string of the molecule is N#Cc1cc(NC(=O)c2cc(-c3cccs3)[nH]n2)ccc1OCC(F)(F)F. The number of thiophene rings is 1. The van der Waals surface area contributed by atoms with Crippen LogP contribution in [-0.2, 0) is 0 Å². The fourth-order valence-corrected chi connectivity index (χ4v) is 2.86. The maximum Gasteiger partial charge on any atom is 0.422 e. The Labute approximate surface area is 155 Å². The number of nitrogens with zero attached hydrogens (tertiary/aromatic N) is 2. The van der Waals surface area contributed by atoms with E-state index in [1.807, 2.05) is 17.5 Å². The highest BCUT2D eigenvalue weighted by atomic mass is 32.1. The summed E-state index contributed by atoms with van der Waals surface area (Å²) in [4.78, 5) is 13.2. The number of carbonyl (C=O) groups excluding carboxylic acids is 1. The summed E-state index contributed by atoms with van der Waals surface area (Å²) in [5.41, 5.74) is 0.924. The van der Waals surface area contributed by atoms with Crippen LogP contribution in [0.2, 0.25) is 0 Å². The van der Waals surface area contributed by atoms with E-state index in [1.165, 1.54) is 29.5 Å². The zero-order valence-corrected chi connectivity index (χ0v) is 14.3. The number of hydrogen-bond donors (Lipinski definition) is 2. The number of hydrogen-bond acceptors (Lipinski definition) is 5. The van der Waals surface area contributed by atoms with Gasteiger partial charge in [-0.2, -0.15) is 23.5 Å². The summed E-state index contributed by atoms with van der Waals surface area (Å²) in [6.45, 7) is -1.51. The summed E-state index contributed by atoms with van der Waals surface area (Å²) >= 11 is 1.48. The van der Waals surface area contributed by atoms with Crippen LogP contribution >= 0.6 is 11.3 Å². The van der Waals surface area contributed by atoms with Gasteiger partial charge in [0, 0.05) is 5.69 Å². The van der Waals surface area contributed by atoms with E-state index in [-0.39, 0.29) is 22.7 Å². The number of aromatic amines is 1. The van der Waals surface area contributed by atoms with Gasteiger partial charge in [-0.05, 0) is 35.7 Å². The fourth-order valence-electron chi connectivity index (χ4n) is 2.17. The van der Waals surface area contributed by atoms with Crippen LogP contribution in [-0.4, -0.2) is 28.9 Å². The predicted octanol–water partition coefficient (Wildman–Crippen LogP) is 4.20. The Bertz CT molecular complexity index is 991. The second-order valence-electron chi connectivity index (χ2n) is 5.32. The lowest BCUT2D eigenvalue weighted by molar-refractivity contribution is -0.153. The van der Waals surface area contributed by atoms with Crippen molar-refractivity contribution in [3.63, 3.8) is 0 Å². The van der Waals surface area contributed by atoms with Gasteiger partial charge in [-0.1, -0.05) is 6.07 Å². The molecule has 1 aromatic carbocycles. The number of benzene rings is 1. The second kappa shape index (κ2) is 7.51. The number of amides is 1. The van der Waals surface area contributed by atoms with Gasteiger partial charge in [-0.25, -0.2) is 0 Å². The quantitative estimate of drug-likeness (QED) is 0.681. The molecular weight excluding hydrogens is 381 g/mol. The molecule has 0 aliphatic heterocycles. The highest BCUT2D eigenvalue weighted by molar-refractivity contribution is 7.13. The third kappa shape index (κ3) is 4.65. The van der Waals surface area contributed by atoms with Gasteiger partial charge in [0.1, 0.15) is 11.8 Å². The largest absolute Gasteiger partial charge is 0.483 e. The summed E-state index contributed by atoms with van der Waals surface area (Å²) in [5, 5.41) is 20.2. The standard InChI is InChI=1S/C17H11F3N4O2S/c18-17(19,20)9-26-14-4-3-11(6-10(14)8-21)22-16(25)13-7-12(23-24-13)15-2-1-5-27-15/h1-7H,9H2,(H,22,25)(H,23,24). The van der Waals surface area contributed by atoms with E-state index in [1.54, 1.807) is 12.1 Å². The summed E-state index contributed by atoms with van der Waals surface area (Å²) < 4.78 is 41.3. The molecule has 0 atom stereocenters. The molecule has 0 aliphatic rings. The van der Waals surface area contributed by atoms with Crippen LogP contribution in [0.5, 0.6) is 5.75 Å². The minimum absolute atomic E-state index is 0.127. The van der Waals surface area contributed by atoms with Gasteiger partial charge in [0.25, 0.3) is 5.91 Å². The molecule has 10 heteroatoms. The van der Waals surface area contributed by atoms with E-state index >= 15 is 0 Å². The van der Waals surface area contributed by atoms with E-state index < -0.39 is 18.7 Å². The molecule has 138 valence electrons. The molecule has 27 heavy (non-hydrogen) atoms. The lowest BCUT2D eigenvalue weighted by Gasteiger charge is -2.11. The molecule has 0 saturated heterocycles. The lowest BCUT2D eigenvalue weighted by Crippen LogP contribution is -2.19. The molecular formula is C17H11F3N4O2S. The first kappa shape index (κ1) is 18.5. The first-order valence-electron chi connectivity index (χ1n) is 7.50. The Balaban J connectivity index is 1.72. The fraction of sp³-hybridized carbons (Fsp3) is 0.118. The van der Waals surface area contributed by atoms with Crippen molar-refractivity contribution < 1.29 is 22.7 Å². The van der Waals surface area contributed by atoms with E-state index in [4.69, 9.17) is 5.26 Å². The van der Waals surface area contributed by atoms with Crippen molar-refractivity contribution in [1.29, 1.82) is 5.26 Å². The van der Waals surface area contributed by atoms with Crippen molar-refractivity contribution in [2.24, 2.45) is 0 Å². The Morgan fingerprint density at radius 3 is 2.81 bits per heavy atom. The second-order valence-corrected chi connectivity index (χ2v) is 6.27. The van der Waals surface area contributed by atoms with Crippen LogP contribution in [0.1, 0.15) is 16.1 Å². The Morgan fingerprint density at radius 2 is 2.15 bits per heavy atom. The van der Waals surface area contributed by atoms with Crippen molar-refractivity contribution in [2.75, 3.05) is 11.9 Å². The molecule has 0 unspecified atom stereocenters. The highest BCUT2D eigenvalue weighted by Crippen LogP contribution is 2.26. The van der Waals surface area contributed by atoms with Gasteiger partial charge >= 0.3 is 6.18 Å². The molecule has 3 aromatic rings. The molecule has 0 radical (unpaired) electrons. The number of nitrogens with one attached hydrogen (secondary N) is 2. The normalized spacial score (nSPS) is 11.0. The number of nitriles is 1. The minimum atomic E-state index is -4.51. The van der Waals surface area contributed by atoms with E-state index in [0.29, 0.717) is 5.69 Å². The Hall–Kier alpha value is -3.32. The number of H-pyrrole nitrogens is 1. The number of alkyl halides is 3. The zero-order valence-electron chi connectivity index (χ0n) is 13.5. The molecule has 3 rings (SSSR count). The number of halogens is 3. The maximum absolute atomic E-state index is 12.3. The van der Waals surface area contributed by atoms with E-state index in [2.05, 4.69) is 20.3 Å². The Morgan fingerprint density at radius 1 is 1.33 bits per heavy atom. The van der Waals surface area contributed by atoms with Crippen LogP contribution in [0.4, 0.5) is 18.9 Å². The molecule has 2 aromatic heterocycles. The van der Waals surface area contributed by atoms with Crippen LogP contribution in [0.25, 0.3) is 10.6 Å². The molecule has 1 amide bonds. The first-order valence-corrected chi connectivity index (χ1v) is 8.38. The molecule has 0 aliphatic carbocycles. The third-order valence-electron chi connectivity index (χ3n) is 3.35. The number of aromatic nitrogens is 2. The topological polar surface area (TPSA) is 90.8 Å². The van der Waals surface area contributed by atoms with Gasteiger partial charge in [0.15, 0.2) is 12.3 Å². The molecule has 2 heterocycles. The monoisotopic (exact) mass is 392 g/mol.